The van der Waals surface area contributed by atoms with Crippen LogP contribution in [0.1, 0.15) is 5.01 Å². The van der Waals surface area contributed by atoms with Gasteiger partial charge in [0.05, 0.1) is 6.61 Å². The third-order valence-electron chi connectivity index (χ3n) is 2.03. The number of nitrogens with zero attached hydrogens (tertiary/aromatic N) is 1. The molecule has 0 bridgehead atoms. The maximum Gasteiger partial charge on any atom is 0.140 e. The Morgan fingerprint density at radius 2 is 1.82 bits per heavy atom. The Labute approximate surface area is 103 Å². The second-order valence-electron chi connectivity index (χ2n) is 3.26. The summed E-state index contributed by atoms with van der Waals surface area (Å²) in [7, 11) is 0. The van der Waals surface area contributed by atoms with E-state index in [1.165, 1.54) is 0 Å². The summed E-state index contributed by atoms with van der Waals surface area (Å²) in [6.45, 7) is 0.802. The maximum atomic E-state index is 8.62. The number of ether oxygens (including phenoxy) is 2. The molecule has 0 amide bonds. The number of rotatable bonds is 6. The molecule has 0 atom stereocenters. The molecule has 0 unspecified atom stereocenters. The fourth-order valence-corrected chi connectivity index (χ4v) is 1.79. The molecule has 0 saturated heterocycles. The zero-order valence-corrected chi connectivity index (χ0v) is 10.0. The lowest BCUT2D eigenvalue weighted by atomic mass is 10.3. The second-order valence-corrected chi connectivity index (χ2v) is 4.24. The van der Waals surface area contributed by atoms with Crippen LogP contribution in [-0.4, -0.2) is 23.3 Å². The molecule has 0 aliphatic heterocycles. The van der Waals surface area contributed by atoms with E-state index < -0.39 is 0 Å². The highest BCUT2D eigenvalue weighted by atomic mass is 32.1. The van der Waals surface area contributed by atoms with Crippen LogP contribution in [0.3, 0.4) is 0 Å². The van der Waals surface area contributed by atoms with E-state index in [2.05, 4.69) is 4.98 Å². The Hall–Kier alpha value is -1.59. The lowest BCUT2D eigenvalue weighted by Crippen LogP contribution is -2.01. The Morgan fingerprint density at radius 3 is 2.41 bits per heavy atom. The highest BCUT2D eigenvalue weighted by molar-refractivity contribution is 7.09. The van der Waals surface area contributed by atoms with Crippen molar-refractivity contribution < 1.29 is 14.6 Å². The molecule has 1 aromatic carbocycles. The first-order chi connectivity index (χ1) is 8.38. The molecule has 2 aromatic rings. The standard InChI is InChI=1S/C12H13NO3S/c14-6-7-15-10-1-3-11(4-2-10)16-9-12-13-5-8-17-12/h1-5,8,14H,6-7,9H2. The van der Waals surface area contributed by atoms with Gasteiger partial charge in [-0.2, -0.15) is 0 Å². The number of hydrogen-bond donors (Lipinski definition) is 1. The number of benzene rings is 1. The Bertz CT molecular complexity index is 428. The van der Waals surface area contributed by atoms with E-state index in [0.717, 1.165) is 16.5 Å². The van der Waals surface area contributed by atoms with Gasteiger partial charge >= 0.3 is 0 Å². The van der Waals surface area contributed by atoms with Gasteiger partial charge in [-0.3, -0.25) is 0 Å². The molecule has 1 heterocycles. The van der Waals surface area contributed by atoms with E-state index in [1.807, 2.05) is 29.6 Å². The molecule has 0 spiro atoms. The monoisotopic (exact) mass is 251 g/mol. The largest absolute Gasteiger partial charge is 0.491 e. The number of aromatic nitrogens is 1. The molecule has 1 aromatic heterocycles. The van der Waals surface area contributed by atoms with Gasteiger partial charge in [-0.05, 0) is 24.3 Å². The van der Waals surface area contributed by atoms with E-state index in [9.17, 15) is 0 Å². The maximum absolute atomic E-state index is 8.62. The SMILES string of the molecule is OCCOc1ccc(OCc2nccs2)cc1. The van der Waals surface area contributed by atoms with Crippen LogP contribution in [0.2, 0.25) is 0 Å². The molecule has 0 fully saturated rings. The first-order valence-corrected chi connectivity index (χ1v) is 6.11. The van der Waals surface area contributed by atoms with Gasteiger partial charge in [-0.1, -0.05) is 0 Å². The zero-order valence-electron chi connectivity index (χ0n) is 9.20. The molecular formula is C12H13NO3S. The van der Waals surface area contributed by atoms with Crippen molar-refractivity contribution in [1.29, 1.82) is 0 Å². The predicted octanol–water partition coefficient (Wildman–Crippen LogP) is 2.09. The molecular weight excluding hydrogens is 238 g/mol. The van der Waals surface area contributed by atoms with Crippen molar-refractivity contribution in [3.63, 3.8) is 0 Å². The quantitative estimate of drug-likeness (QED) is 0.854. The summed E-state index contributed by atoms with van der Waals surface area (Å²) < 4.78 is 10.8. The van der Waals surface area contributed by atoms with Crippen molar-refractivity contribution in [2.45, 2.75) is 6.61 Å². The Balaban J connectivity index is 1.85. The van der Waals surface area contributed by atoms with Crippen LogP contribution < -0.4 is 9.47 Å². The smallest absolute Gasteiger partial charge is 0.140 e. The summed E-state index contributed by atoms with van der Waals surface area (Å²) >= 11 is 1.57. The molecule has 90 valence electrons. The number of aliphatic hydroxyl groups excluding tert-OH is 1. The van der Waals surface area contributed by atoms with Crippen LogP contribution in [0.5, 0.6) is 11.5 Å². The van der Waals surface area contributed by atoms with Gasteiger partial charge in [0.25, 0.3) is 0 Å². The number of thiazole rings is 1. The molecule has 0 radical (unpaired) electrons. The Morgan fingerprint density at radius 1 is 1.12 bits per heavy atom. The van der Waals surface area contributed by atoms with Crippen LogP contribution in [0, 0.1) is 0 Å². The molecule has 17 heavy (non-hydrogen) atoms. The summed E-state index contributed by atoms with van der Waals surface area (Å²) in [5.74, 6) is 1.50. The average molecular weight is 251 g/mol. The van der Waals surface area contributed by atoms with Gasteiger partial charge in [0, 0.05) is 11.6 Å². The topological polar surface area (TPSA) is 51.6 Å². The van der Waals surface area contributed by atoms with E-state index in [4.69, 9.17) is 14.6 Å². The van der Waals surface area contributed by atoms with Crippen molar-refractivity contribution in [3.05, 3.63) is 40.8 Å². The minimum atomic E-state index is 0.0162. The number of aliphatic hydroxyl groups is 1. The zero-order chi connectivity index (χ0) is 11.9. The highest BCUT2D eigenvalue weighted by Crippen LogP contribution is 2.18. The van der Waals surface area contributed by atoms with Crippen molar-refractivity contribution >= 4 is 11.3 Å². The molecule has 0 aliphatic carbocycles. The molecule has 4 nitrogen and oxygen atoms in total. The van der Waals surface area contributed by atoms with Gasteiger partial charge in [0.15, 0.2) is 0 Å². The van der Waals surface area contributed by atoms with Crippen LogP contribution in [0.4, 0.5) is 0 Å². The van der Waals surface area contributed by atoms with E-state index in [1.54, 1.807) is 17.5 Å². The third kappa shape index (κ3) is 3.72. The van der Waals surface area contributed by atoms with Gasteiger partial charge in [-0.25, -0.2) is 4.98 Å². The van der Waals surface area contributed by atoms with Crippen LogP contribution >= 0.6 is 11.3 Å². The minimum Gasteiger partial charge on any atom is -0.491 e. The summed E-state index contributed by atoms with van der Waals surface area (Å²) in [6, 6.07) is 7.29. The summed E-state index contributed by atoms with van der Waals surface area (Å²) in [4.78, 5) is 4.13. The van der Waals surface area contributed by atoms with Crippen molar-refractivity contribution in [1.82, 2.24) is 4.98 Å². The fourth-order valence-electron chi connectivity index (χ4n) is 1.26. The average Bonchev–Trinajstić information content (AvgIpc) is 2.88. The first-order valence-electron chi connectivity index (χ1n) is 5.23. The molecule has 0 aliphatic rings. The molecule has 1 N–H and O–H groups in total. The van der Waals surface area contributed by atoms with E-state index >= 15 is 0 Å². The van der Waals surface area contributed by atoms with Crippen molar-refractivity contribution in [3.8, 4) is 11.5 Å². The fraction of sp³-hybridized carbons (Fsp3) is 0.250. The predicted molar refractivity (Wildman–Crippen MR) is 65.5 cm³/mol. The van der Waals surface area contributed by atoms with Gasteiger partial charge < -0.3 is 14.6 Å². The minimum absolute atomic E-state index is 0.0162. The summed E-state index contributed by atoms with van der Waals surface area (Å²) in [5, 5.41) is 11.5. The summed E-state index contributed by atoms with van der Waals surface area (Å²) in [5.41, 5.74) is 0. The van der Waals surface area contributed by atoms with Gasteiger partial charge in [-0.15, -0.1) is 11.3 Å². The van der Waals surface area contributed by atoms with Crippen molar-refractivity contribution in [2.24, 2.45) is 0 Å². The highest BCUT2D eigenvalue weighted by Gasteiger charge is 1.99. The Kier molecular flexibility index (Phi) is 4.35. The lowest BCUT2D eigenvalue weighted by Gasteiger charge is -2.06. The number of hydrogen-bond acceptors (Lipinski definition) is 5. The van der Waals surface area contributed by atoms with Crippen LogP contribution in [0.25, 0.3) is 0 Å². The molecule has 5 heteroatoms. The van der Waals surface area contributed by atoms with Crippen LogP contribution in [0.15, 0.2) is 35.8 Å². The molecule has 0 saturated carbocycles. The van der Waals surface area contributed by atoms with E-state index in [0.29, 0.717) is 13.2 Å². The lowest BCUT2D eigenvalue weighted by molar-refractivity contribution is 0.201. The molecule has 2 rings (SSSR count). The summed E-state index contributed by atoms with van der Waals surface area (Å²) in [6.07, 6.45) is 1.76. The third-order valence-corrected chi connectivity index (χ3v) is 2.78. The van der Waals surface area contributed by atoms with E-state index in [-0.39, 0.29) is 6.61 Å². The normalized spacial score (nSPS) is 10.2. The first kappa shape index (κ1) is 11.9. The second kappa shape index (κ2) is 6.22. The van der Waals surface area contributed by atoms with Crippen molar-refractivity contribution in [2.75, 3.05) is 13.2 Å². The van der Waals surface area contributed by atoms with Gasteiger partial charge in [0.2, 0.25) is 0 Å². The van der Waals surface area contributed by atoms with Gasteiger partial charge in [0.1, 0.15) is 29.7 Å². The van der Waals surface area contributed by atoms with Crippen LogP contribution in [-0.2, 0) is 6.61 Å².